The molecule has 1 saturated carbocycles. The molecule has 10 atom stereocenters. The van der Waals surface area contributed by atoms with E-state index in [1.54, 1.807) is 0 Å². The third-order valence-electron chi connectivity index (χ3n) is 13.7. The van der Waals surface area contributed by atoms with Crippen molar-refractivity contribution in [3.8, 4) is 0 Å². The molecule has 4 aliphatic heterocycles. The normalized spacial score (nSPS) is 35.0. The molecule has 57 heavy (non-hydrogen) atoms. The number of hydrogen-bond donors (Lipinski definition) is 0. The predicted octanol–water partition coefficient (Wildman–Crippen LogP) is 8.90. The van der Waals surface area contributed by atoms with Crippen molar-refractivity contribution in [1.82, 2.24) is 0 Å². The van der Waals surface area contributed by atoms with Crippen LogP contribution in [0.4, 0.5) is 0 Å². The molecule has 1 spiro atoms. The summed E-state index contributed by atoms with van der Waals surface area (Å²) in [6.07, 6.45) is 8.94. The molecule has 4 heterocycles. The molecule has 5 aliphatic rings. The van der Waals surface area contributed by atoms with E-state index >= 15 is 0 Å². The van der Waals surface area contributed by atoms with Crippen molar-refractivity contribution < 1.29 is 37.6 Å². The van der Waals surface area contributed by atoms with Gasteiger partial charge in [-0.25, -0.2) is 0 Å². The van der Waals surface area contributed by atoms with E-state index in [4.69, 9.17) is 32.8 Å². The van der Waals surface area contributed by atoms with Gasteiger partial charge in [0.15, 0.2) is 5.79 Å². The number of benzene rings is 2. The van der Waals surface area contributed by atoms with Gasteiger partial charge in [0.25, 0.3) is 8.32 Å². The Labute approximate surface area is 344 Å². The largest absolute Gasteiger partial charge is 0.465 e. The number of ether oxygens (including phenoxy) is 6. The van der Waals surface area contributed by atoms with Crippen molar-refractivity contribution in [2.24, 2.45) is 17.3 Å². The summed E-state index contributed by atoms with van der Waals surface area (Å²) < 4.78 is 49.4. The lowest BCUT2D eigenvalue weighted by molar-refractivity contribution is -0.279. The van der Waals surface area contributed by atoms with Crippen molar-refractivity contribution in [2.45, 2.75) is 192 Å². The smallest absolute Gasteiger partial charge is 0.311 e. The monoisotopic (exact) mass is 804 g/mol. The molecule has 0 aromatic heterocycles. The standard InChI is InChI=1S/C48H72O8Si/c1-33-29-41(56-57(46(6,7)8,35-19-13-10-14-20-35)36-21-15-11-16-22-36)37(23-27-50-44(49)45(3,4)5)53-42-31-39-40(54-47(42,9)32-33)30-34(2)43-38(52-39)24-28-51-48(55-43)25-17-12-18-26-48/h10-11,13-16,19-22,33-34,37-43H,12,17-18,23-32H2,1-9H3/t33-,34+,37-,38+,39-,40+,41+,42+,43-,47-/m1/s1. The van der Waals surface area contributed by atoms with E-state index in [-0.39, 0.29) is 72.2 Å². The van der Waals surface area contributed by atoms with Crippen LogP contribution in [0.25, 0.3) is 0 Å². The first-order valence-electron chi connectivity index (χ1n) is 22.3. The highest BCUT2D eigenvalue weighted by molar-refractivity contribution is 6.99. The average molecular weight is 805 g/mol. The van der Waals surface area contributed by atoms with E-state index in [2.05, 4.69) is 102 Å². The third kappa shape index (κ3) is 9.15. The predicted molar refractivity (Wildman–Crippen MR) is 226 cm³/mol. The Balaban J connectivity index is 1.21. The van der Waals surface area contributed by atoms with Crippen LogP contribution < -0.4 is 10.4 Å². The highest BCUT2D eigenvalue weighted by atomic mass is 28.4. The fraction of sp³-hybridized carbons (Fsp3) is 0.729. The summed E-state index contributed by atoms with van der Waals surface area (Å²) in [5.74, 6) is -0.140. The Bertz CT molecular complexity index is 1580. The molecule has 7 rings (SSSR count). The van der Waals surface area contributed by atoms with Gasteiger partial charge in [-0.15, -0.1) is 0 Å². The average Bonchev–Trinajstić information content (AvgIpc) is 3.39. The molecule has 9 heteroatoms. The van der Waals surface area contributed by atoms with Gasteiger partial charge in [-0.2, -0.15) is 0 Å². The molecular weight excluding hydrogens is 733 g/mol. The molecular formula is C48H72O8Si. The Kier molecular flexibility index (Phi) is 12.9. The van der Waals surface area contributed by atoms with Gasteiger partial charge in [-0.3, -0.25) is 4.79 Å². The molecule has 5 fully saturated rings. The summed E-state index contributed by atoms with van der Waals surface area (Å²) in [4.78, 5) is 13.1. The fourth-order valence-electron chi connectivity index (χ4n) is 10.8. The molecule has 2 aromatic rings. The van der Waals surface area contributed by atoms with Crippen LogP contribution in [-0.4, -0.2) is 81.6 Å². The van der Waals surface area contributed by atoms with Gasteiger partial charge < -0.3 is 32.8 Å². The molecule has 0 amide bonds. The van der Waals surface area contributed by atoms with Crippen molar-refractivity contribution in [1.29, 1.82) is 0 Å². The molecule has 316 valence electrons. The van der Waals surface area contributed by atoms with Gasteiger partial charge in [0, 0.05) is 25.7 Å². The van der Waals surface area contributed by atoms with Crippen LogP contribution in [0.2, 0.25) is 5.04 Å². The van der Waals surface area contributed by atoms with E-state index in [1.807, 2.05) is 20.8 Å². The molecule has 0 N–H and O–H groups in total. The van der Waals surface area contributed by atoms with E-state index in [0.717, 1.165) is 57.8 Å². The van der Waals surface area contributed by atoms with Crippen LogP contribution in [0.5, 0.6) is 0 Å². The summed E-state index contributed by atoms with van der Waals surface area (Å²) >= 11 is 0. The molecule has 4 saturated heterocycles. The number of carbonyl (C=O) groups is 1. The molecule has 0 radical (unpaired) electrons. The van der Waals surface area contributed by atoms with Crippen LogP contribution in [0.3, 0.4) is 0 Å². The lowest BCUT2D eigenvalue weighted by atomic mass is 9.77. The summed E-state index contributed by atoms with van der Waals surface area (Å²) in [6, 6.07) is 21.7. The second kappa shape index (κ2) is 17.1. The highest BCUT2D eigenvalue weighted by Gasteiger charge is 2.57. The van der Waals surface area contributed by atoms with Crippen LogP contribution in [0, 0.1) is 17.3 Å². The SMILES string of the molecule is C[C@@H]1C[C@H](O[Si](c2ccccc2)(c2ccccc2)C(C)(C)C)[C@@H](CCOC(=O)C(C)(C)C)O[C@H]2C[C@H]3O[C@H]4CCOC5(CCCCC5)O[C@@H]4[C@@H](C)C[C@@H]3O[C@]2(C)C1. The van der Waals surface area contributed by atoms with Gasteiger partial charge in [0.1, 0.15) is 0 Å². The van der Waals surface area contributed by atoms with Gasteiger partial charge in [0.2, 0.25) is 0 Å². The van der Waals surface area contributed by atoms with E-state index in [9.17, 15) is 4.79 Å². The number of rotatable bonds is 7. The summed E-state index contributed by atoms with van der Waals surface area (Å²) in [5.41, 5.74) is -1.12. The second-order valence-corrected chi connectivity index (χ2v) is 24.8. The van der Waals surface area contributed by atoms with Crippen LogP contribution in [0.1, 0.15) is 133 Å². The number of hydrogen-bond acceptors (Lipinski definition) is 8. The molecule has 0 bridgehead atoms. The molecule has 2 aromatic carbocycles. The van der Waals surface area contributed by atoms with Gasteiger partial charge >= 0.3 is 5.97 Å². The molecule has 1 aliphatic carbocycles. The minimum Gasteiger partial charge on any atom is -0.465 e. The van der Waals surface area contributed by atoms with Crippen LogP contribution in [0.15, 0.2) is 60.7 Å². The summed E-state index contributed by atoms with van der Waals surface area (Å²) in [6.45, 7) is 20.5. The lowest BCUT2D eigenvalue weighted by Crippen LogP contribution is -2.69. The lowest BCUT2D eigenvalue weighted by Gasteiger charge is -2.53. The zero-order valence-corrected chi connectivity index (χ0v) is 37.4. The highest BCUT2D eigenvalue weighted by Crippen LogP contribution is 2.48. The van der Waals surface area contributed by atoms with Gasteiger partial charge in [-0.05, 0) is 93.5 Å². The number of fused-ring (bicyclic) bond motifs is 3. The number of carbonyl (C=O) groups excluding carboxylic acids is 1. The Morgan fingerprint density at radius 1 is 0.807 bits per heavy atom. The first-order valence-corrected chi connectivity index (χ1v) is 24.2. The zero-order valence-electron chi connectivity index (χ0n) is 36.4. The minimum absolute atomic E-state index is 0.0329. The van der Waals surface area contributed by atoms with Crippen molar-refractivity contribution in [3.63, 3.8) is 0 Å². The summed E-state index contributed by atoms with van der Waals surface area (Å²) in [5, 5.41) is 2.28. The Morgan fingerprint density at radius 3 is 2.07 bits per heavy atom. The second-order valence-electron chi connectivity index (χ2n) is 20.5. The van der Waals surface area contributed by atoms with Crippen molar-refractivity contribution in [2.75, 3.05) is 13.2 Å². The fourth-order valence-corrected chi connectivity index (χ4v) is 15.5. The van der Waals surface area contributed by atoms with E-state index in [0.29, 0.717) is 13.0 Å². The maximum absolute atomic E-state index is 13.1. The minimum atomic E-state index is -2.95. The third-order valence-corrected chi connectivity index (χ3v) is 18.8. The first kappa shape index (κ1) is 43.0. The quantitative estimate of drug-likeness (QED) is 0.203. The van der Waals surface area contributed by atoms with E-state index < -0.39 is 25.1 Å². The van der Waals surface area contributed by atoms with Gasteiger partial charge in [0.05, 0.1) is 67.0 Å². The zero-order chi connectivity index (χ0) is 40.6. The number of esters is 1. The van der Waals surface area contributed by atoms with Crippen molar-refractivity contribution >= 4 is 24.7 Å². The first-order chi connectivity index (χ1) is 27.0. The molecule has 8 nitrogen and oxygen atoms in total. The van der Waals surface area contributed by atoms with Crippen LogP contribution in [-0.2, 0) is 37.6 Å². The maximum atomic E-state index is 13.1. The van der Waals surface area contributed by atoms with Crippen molar-refractivity contribution in [3.05, 3.63) is 60.7 Å². The van der Waals surface area contributed by atoms with E-state index in [1.165, 1.54) is 16.8 Å². The van der Waals surface area contributed by atoms with Gasteiger partial charge in [-0.1, -0.05) is 102 Å². The molecule has 0 unspecified atom stereocenters. The van der Waals surface area contributed by atoms with Crippen LogP contribution >= 0.6 is 0 Å². The maximum Gasteiger partial charge on any atom is 0.311 e. The Morgan fingerprint density at radius 2 is 1.46 bits per heavy atom. The Hall–Kier alpha value is -2.11. The topological polar surface area (TPSA) is 81.7 Å². The summed E-state index contributed by atoms with van der Waals surface area (Å²) in [7, 11) is -2.95.